The van der Waals surface area contributed by atoms with Crippen molar-refractivity contribution in [3.05, 3.63) is 47.5 Å². The molecule has 0 fully saturated rings. The minimum Gasteiger partial charge on any atom is -0.389 e. The molecule has 4 rings (SSSR count). The number of nitrogens with zero attached hydrogens (tertiary/aromatic N) is 2. The van der Waals surface area contributed by atoms with E-state index in [4.69, 9.17) is 0 Å². The lowest BCUT2D eigenvalue weighted by atomic mass is 10.1. The Morgan fingerprint density at radius 1 is 1.29 bits per heavy atom. The summed E-state index contributed by atoms with van der Waals surface area (Å²) in [6.07, 6.45) is 0. The van der Waals surface area contributed by atoms with Crippen LogP contribution in [-0.4, -0.2) is 48.0 Å². The first-order valence-electron chi connectivity index (χ1n) is 8.76. The van der Waals surface area contributed by atoms with Gasteiger partial charge < -0.3 is 10.1 Å². The number of aromatic nitrogens is 1. The number of H-pyrrole nitrogens is 1. The first kappa shape index (κ1) is 19.5. The van der Waals surface area contributed by atoms with Crippen molar-refractivity contribution in [2.24, 2.45) is 4.99 Å². The molecule has 0 saturated heterocycles. The molecule has 1 atom stereocenters. The highest BCUT2D eigenvalue weighted by Gasteiger charge is 2.33. The van der Waals surface area contributed by atoms with Gasteiger partial charge in [0.2, 0.25) is 0 Å². The second-order valence-electron chi connectivity index (χ2n) is 7.23. The highest BCUT2D eigenvalue weighted by molar-refractivity contribution is 8.15. The highest BCUT2D eigenvalue weighted by Crippen LogP contribution is 2.35. The maximum Gasteiger partial charge on any atom is 0.273 e. The quantitative estimate of drug-likeness (QED) is 0.640. The number of thioether (sulfide) groups is 1. The fraction of sp³-hybridized carbons (Fsp3) is 0.316. The maximum absolute atomic E-state index is 12.9. The van der Waals surface area contributed by atoms with Crippen molar-refractivity contribution in [2.75, 3.05) is 17.9 Å². The Kier molecular flexibility index (Phi) is 4.81. The van der Waals surface area contributed by atoms with Crippen LogP contribution in [-0.2, 0) is 10.0 Å². The Morgan fingerprint density at radius 2 is 2.07 bits per heavy atom. The Bertz CT molecular complexity index is 1140. The predicted molar refractivity (Wildman–Crippen MR) is 117 cm³/mol. The Balaban J connectivity index is 1.71. The average Bonchev–Trinajstić information content (AvgIpc) is 3.39. The van der Waals surface area contributed by atoms with Crippen LogP contribution in [0.15, 0.2) is 51.0 Å². The largest absolute Gasteiger partial charge is 0.389 e. The lowest BCUT2D eigenvalue weighted by Gasteiger charge is -2.23. The number of rotatable bonds is 5. The van der Waals surface area contributed by atoms with E-state index in [0.717, 1.165) is 21.6 Å². The molecule has 0 saturated carbocycles. The van der Waals surface area contributed by atoms with Crippen LogP contribution in [0.25, 0.3) is 10.9 Å². The molecular weight excluding hydrogens is 414 g/mol. The van der Waals surface area contributed by atoms with Crippen LogP contribution in [0.5, 0.6) is 0 Å². The molecule has 2 N–H and O–H groups in total. The summed E-state index contributed by atoms with van der Waals surface area (Å²) in [5.74, 6) is 0. The van der Waals surface area contributed by atoms with E-state index in [1.165, 1.54) is 15.6 Å². The van der Waals surface area contributed by atoms with Gasteiger partial charge in [-0.1, -0.05) is 30.0 Å². The fourth-order valence-corrected chi connectivity index (χ4v) is 6.55. The number of aromatic amines is 1. The standard InChI is InChI=1S/C19H21N3O3S3/c1-19(2,23)15-11-20-18(27-15)13-10-12-6-4-7-14(17(12)21-13)22(3)28(24,25)16-8-5-9-26-16/h4-10,15,21,23H,11H2,1-3H3. The molecule has 1 aromatic carbocycles. The molecule has 1 unspecified atom stereocenters. The van der Waals surface area contributed by atoms with Gasteiger partial charge in [0.15, 0.2) is 0 Å². The van der Waals surface area contributed by atoms with Crippen molar-refractivity contribution in [1.82, 2.24) is 4.98 Å². The van der Waals surface area contributed by atoms with Crippen LogP contribution in [0, 0.1) is 0 Å². The summed E-state index contributed by atoms with van der Waals surface area (Å²) in [7, 11) is -2.05. The molecule has 0 bridgehead atoms. The van der Waals surface area contributed by atoms with Crippen molar-refractivity contribution in [3.63, 3.8) is 0 Å². The minimum atomic E-state index is -3.61. The van der Waals surface area contributed by atoms with E-state index < -0.39 is 15.6 Å². The summed E-state index contributed by atoms with van der Waals surface area (Å²) in [6, 6.07) is 10.9. The van der Waals surface area contributed by atoms with Crippen LogP contribution in [0.2, 0.25) is 0 Å². The van der Waals surface area contributed by atoms with Gasteiger partial charge in [-0.25, -0.2) is 8.42 Å². The monoisotopic (exact) mass is 435 g/mol. The van der Waals surface area contributed by atoms with E-state index in [0.29, 0.717) is 16.4 Å². The summed E-state index contributed by atoms with van der Waals surface area (Å²) in [5.41, 5.74) is 1.35. The number of fused-ring (bicyclic) bond motifs is 1. The molecule has 3 heterocycles. The summed E-state index contributed by atoms with van der Waals surface area (Å²) in [5, 5.41) is 13.7. The lowest BCUT2D eigenvalue weighted by molar-refractivity contribution is 0.0809. The molecular formula is C19H21N3O3S3. The first-order valence-corrected chi connectivity index (χ1v) is 12.0. The number of aliphatic imine (C=N–C) groups is 1. The zero-order chi connectivity index (χ0) is 20.1. The number of para-hydroxylation sites is 1. The Labute approximate surface area is 172 Å². The summed E-state index contributed by atoms with van der Waals surface area (Å²) in [6.45, 7) is 4.13. The number of hydrogen-bond acceptors (Lipinski definition) is 6. The van der Waals surface area contributed by atoms with E-state index in [9.17, 15) is 13.5 Å². The maximum atomic E-state index is 12.9. The molecule has 6 nitrogen and oxygen atoms in total. The lowest BCUT2D eigenvalue weighted by Crippen LogP contribution is -2.34. The molecule has 3 aromatic rings. The molecule has 28 heavy (non-hydrogen) atoms. The highest BCUT2D eigenvalue weighted by atomic mass is 32.2. The number of hydrogen-bond donors (Lipinski definition) is 2. The second-order valence-corrected chi connectivity index (χ2v) is 11.6. The molecule has 0 spiro atoms. The molecule has 9 heteroatoms. The smallest absolute Gasteiger partial charge is 0.273 e. The van der Waals surface area contributed by atoms with Crippen molar-refractivity contribution in [3.8, 4) is 0 Å². The van der Waals surface area contributed by atoms with Gasteiger partial charge in [0, 0.05) is 12.4 Å². The number of aliphatic hydroxyl groups is 1. The van der Waals surface area contributed by atoms with Crippen LogP contribution >= 0.6 is 23.1 Å². The minimum absolute atomic E-state index is 0.00439. The second kappa shape index (κ2) is 6.91. The third-order valence-corrected chi connectivity index (χ3v) is 9.48. The normalized spacial score (nSPS) is 17.9. The van der Waals surface area contributed by atoms with Crippen molar-refractivity contribution >= 4 is 54.8 Å². The zero-order valence-electron chi connectivity index (χ0n) is 15.7. The first-order chi connectivity index (χ1) is 13.2. The van der Waals surface area contributed by atoms with Gasteiger partial charge in [-0.2, -0.15) is 0 Å². The van der Waals surface area contributed by atoms with Crippen LogP contribution in [0.4, 0.5) is 5.69 Å². The van der Waals surface area contributed by atoms with Gasteiger partial charge in [0.25, 0.3) is 10.0 Å². The molecule has 1 aliphatic rings. The van der Waals surface area contributed by atoms with E-state index in [-0.39, 0.29) is 5.25 Å². The van der Waals surface area contributed by atoms with Gasteiger partial charge in [0.1, 0.15) is 9.25 Å². The number of benzene rings is 1. The van der Waals surface area contributed by atoms with Crippen LogP contribution < -0.4 is 4.31 Å². The number of anilines is 1. The van der Waals surface area contributed by atoms with Crippen LogP contribution in [0.1, 0.15) is 19.5 Å². The van der Waals surface area contributed by atoms with Crippen molar-refractivity contribution < 1.29 is 13.5 Å². The summed E-state index contributed by atoms with van der Waals surface area (Å²) >= 11 is 2.74. The van der Waals surface area contributed by atoms with Crippen molar-refractivity contribution in [1.29, 1.82) is 0 Å². The summed E-state index contributed by atoms with van der Waals surface area (Å²) in [4.78, 5) is 7.91. The van der Waals surface area contributed by atoms with E-state index in [1.54, 1.807) is 56.2 Å². The topological polar surface area (TPSA) is 85.8 Å². The van der Waals surface area contributed by atoms with E-state index >= 15 is 0 Å². The zero-order valence-corrected chi connectivity index (χ0v) is 18.2. The molecule has 148 valence electrons. The molecule has 0 aliphatic carbocycles. The van der Waals surface area contributed by atoms with Gasteiger partial charge in [-0.3, -0.25) is 9.30 Å². The summed E-state index contributed by atoms with van der Waals surface area (Å²) < 4.78 is 27.5. The predicted octanol–water partition coefficient (Wildman–Crippen LogP) is 3.69. The SMILES string of the molecule is CN(c1cccc2cc(C3=NCC(C(C)(C)O)S3)[nH]c12)S(=O)(=O)c1cccs1. The fourth-order valence-electron chi connectivity index (χ4n) is 3.08. The van der Waals surface area contributed by atoms with E-state index in [2.05, 4.69) is 9.98 Å². The molecule has 0 radical (unpaired) electrons. The van der Waals surface area contributed by atoms with Crippen molar-refractivity contribution in [2.45, 2.75) is 28.9 Å². The molecule has 1 aliphatic heterocycles. The molecule has 2 aromatic heterocycles. The van der Waals surface area contributed by atoms with Gasteiger partial charge in [-0.05, 0) is 37.4 Å². The Hall–Kier alpha value is -1.81. The Morgan fingerprint density at radius 3 is 2.71 bits per heavy atom. The number of nitrogens with one attached hydrogen (secondary N) is 1. The number of thiophene rings is 1. The third-order valence-electron chi connectivity index (χ3n) is 4.76. The average molecular weight is 436 g/mol. The van der Waals surface area contributed by atoms with Gasteiger partial charge >= 0.3 is 0 Å². The van der Waals surface area contributed by atoms with Crippen LogP contribution in [0.3, 0.4) is 0 Å². The van der Waals surface area contributed by atoms with E-state index in [1.807, 2.05) is 18.2 Å². The van der Waals surface area contributed by atoms with Gasteiger partial charge in [-0.15, -0.1) is 11.3 Å². The molecule has 0 amide bonds. The van der Waals surface area contributed by atoms with Gasteiger partial charge in [0.05, 0.1) is 34.3 Å². The third kappa shape index (κ3) is 3.36. The number of sulfonamides is 1.